The molecular formula is C85H104FN17O24. The molecule has 6 N–H and O–H groups in total. The number of hydrogen-bond donors (Lipinski definition) is 6. The zero-order valence-corrected chi connectivity index (χ0v) is 73.0. The number of likely N-dealkylation sites (N-methyl/N-ethyl adjacent to an activating group) is 10. The number of cyclic esters (lactones) is 1. The Morgan fingerprint density at radius 2 is 1.08 bits per heavy atom. The van der Waals surface area contributed by atoms with E-state index in [0.717, 1.165) is 66.1 Å². The number of hydrogen-bond acceptors (Lipinski definition) is 24. The summed E-state index contributed by atoms with van der Waals surface area (Å²) < 4.78 is 34.0. The Morgan fingerprint density at radius 1 is 0.598 bits per heavy atom. The number of carbonyl (C=O) groups is 18. The van der Waals surface area contributed by atoms with Crippen LogP contribution in [0.25, 0.3) is 22.3 Å². The van der Waals surface area contributed by atoms with Crippen LogP contribution in [0.1, 0.15) is 103 Å². The highest BCUT2D eigenvalue weighted by Gasteiger charge is 2.47. The summed E-state index contributed by atoms with van der Waals surface area (Å²) in [5.41, 5.74) is 2.47. The van der Waals surface area contributed by atoms with Crippen molar-refractivity contribution in [2.24, 2.45) is 0 Å². The summed E-state index contributed by atoms with van der Waals surface area (Å²) >= 11 is 0. The van der Waals surface area contributed by atoms with Gasteiger partial charge in [-0.05, 0) is 105 Å². The molecule has 127 heavy (non-hydrogen) atoms. The number of halogens is 1. The number of nitrogens with zero attached hydrogens (tertiary/aromatic N) is 13. The van der Waals surface area contributed by atoms with Crippen molar-refractivity contribution in [3.05, 3.63) is 127 Å². The molecule has 4 aliphatic rings. The average molecular weight is 1770 g/mol. The summed E-state index contributed by atoms with van der Waals surface area (Å²) in [5, 5.41) is 31.9. The minimum Gasteiger partial charge on any atom is -0.493 e. The quantitative estimate of drug-likeness (QED) is 0.0158. The molecule has 2 aromatic heterocycles. The summed E-state index contributed by atoms with van der Waals surface area (Å²) in [4.78, 5) is 263. The van der Waals surface area contributed by atoms with E-state index in [4.69, 9.17) is 24.3 Å². The third kappa shape index (κ3) is 23.5. The van der Waals surface area contributed by atoms with E-state index in [1.54, 1.807) is 50.2 Å². The Bertz CT molecular complexity index is 5350. The molecule has 9 rings (SSSR count). The number of nitrogens with one attached hydrogen (secondary N) is 4. The highest BCUT2D eigenvalue weighted by atomic mass is 19.1. The highest BCUT2D eigenvalue weighted by Crippen LogP contribution is 2.46. The molecule has 0 fully saturated rings. The van der Waals surface area contributed by atoms with Crippen LogP contribution >= 0.6 is 0 Å². The zero-order valence-electron chi connectivity index (χ0n) is 73.0. The molecule has 42 heteroatoms. The van der Waals surface area contributed by atoms with Crippen LogP contribution in [-0.2, 0) is 129 Å². The smallest absolute Gasteiger partial charge is 0.407 e. The number of anilines is 2. The van der Waals surface area contributed by atoms with E-state index < -0.39 is 207 Å². The first-order valence-electron chi connectivity index (χ1n) is 40.5. The van der Waals surface area contributed by atoms with Gasteiger partial charge in [0, 0.05) is 130 Å². The van der Waals surface area contributed by atoms with Crippen LogP contribution in [0.4, 0.5) is 20.6 Å². The van der Waals surface area contributed by atoms with Crippen molar-refractivity contribution in [2.45, 2.75) is 116 Å². The lowest BCUT2D eigenvalue weighted by molar-refractivity contribution is -0.172. The van der Waals surface area contributed by atoms with Gasteiger partial charge in [-0.1, -0.05) is 25.1 Å². The molecule has 0 radical (unpaired) electrons. The lowest BCUT2D eigenvalue weighted by atomic mass is 9.81. The van der Waals surface area contributed by atoms with Crippen molar-refractivity contribution in [1.29, 1.82) is 0 Å². The summed E-state index contributed by atoms with van der Waals surface area (Å²) in [7, 11) is 13.0. The van der Waals surface area contributed by atoms with Crippen molar-refractivity contribution in [1.82, 2.24) is 74.5 Å². The Kier molecular flexibility index (Phi) is 31.7. The van der Waals surface area contributed by atoms with Crippen LogP contribution in [0.2, 0.25) is 0 Å². The summed E-state index contributed by atoms with van der Waals surface area (Å²) in [6.07, 6.45) is 1.81. The van der Waals surface area contributed by atoms with E-state index in [0.29, 0.717) is 74.2 Å². The lowest BCUT2D eigenvalue weighted by Gasteiger charge is -2.31. The van der Waals surface area contributed by atoms with E-state index in [-0.39, 0.29) is 81.0 Å². The Hall–Kier alpha value is -14.1. The number of benzene rings is 3. The molecule has 3 aromatic carbocycles. The number of amides is 16. The van der Waals surface area contributed by atoms with Crippen molar-refractivity contribution in [3.63, 3.8) is 0 Å². The first kappa shape index (κ1) is 96.7. The number of esters is 1. The van der Waals surface area contributed by atoms with Crippen LogP contribution in [-0.4, -0.2) is 330 Å². The molecule has 0 unspecified atom stereocenters. The van der Waals surface area contributed by atoms with Crippen molar-refractivity contribution in [2.75, 3.05) is 153 Å². The first-order valence-corrected chi connectivity index (χ1v) is 40.5. The normalized spacial score (nSPS) is 14.9. The van der Waals surface area contributed by atoms with E-state index in [1.165, 1.54) is 107 Å². The molecule has 3 aliphatic heterocycles. The Balaban J connectivity index is 0.670. The SMILES string of the molecule is CC[C@@]1(O)C(=O)OCc2c1cc1n(c2=O)Cc2c-1nc1cc(F)c(C)c3c1c2[C@@H](NC(=O)OCc1ccc(NC(=O)[C@H](C)NC(=O)[C@H](C)NC(=O)CCc2ccc(N4C(=O)C=CC4=O)cc2OCCCC(=O)N(C)CC(=O)N(C)CC(=O)N(C)CC(=O)N(C)CC(=O)N(C)CC(=O)N(C)CC(=O)N(C)CC(=O)N(C)CC(=O)N(C)CC(=O)N(C)CC(=O)O)cc1)CC3. The maximum absolute atomic E-state index is 15.5. The third-order valence-electron chi connectivity index (χ3n) is 22.3. The maximum Gasteiger partial charge on any atom is 0.407 e. The molecule has 16 amide bonds. The van der Waals surface area contributed by atoms with Crippen LogP contribution in [0.15, 0.2) is 71.5 Å². The van der Waals surface area contributed by atoms with Gasteiger partial charge in [0.1, 0.15) is 43.4 Å². The van der Waals surface area contributed by atoms with Gasteiger partial charge < -0.3 is 99.3 Å². The van der Waals surface area contributed by atoms with Gasteiger partial charge >= 0.3 is 18.0 Å². The molecule has 4 atom stereocenters. The monoisotopic (exact) mass is 1770 g/mol. The van der Waals surface area contributed by atoms with Gasteiger partial charge in [0.25, 0.3) is 17.4 Å². The topological polar surface area (TPSA) is 494 Å². The molecular weight excluding hydrogens is 1660 g/mol. The first-order chi connectivity index (χ1) is 59.8. The van der Waals surface area contributed by atoms with E-state index in [2.05, 4.69) is 21.3 Å². The number of carboxylic acids is 1. The second kappa shape index (κ2) is 41.6. The summed E-state index contributed by atoms with van der Waals surface area (Å²) in [5.74, 6) is -12.1. The predicted octanol–water partition coefficient (Wildman–Crippen LogP) is -0.721. The van der Waals surface area contributed by atoms with Gasteiger partial charge in [0.15, 0.2) is 5.60 Å². The van der Waals surface area contributed by atoms with Crippen molar-refractivity contribution >= 4 is 129 Å². The van der Waals surface area contributed by atoms with Gasteiger partial charge in [-0.25, -0.2) is 23.9 Å². The lowest BCUT2D eigenvalue weighted by Crippen LogP contribution is -2.50. The number of alkyl carbamates (subject to hydrolysis) is 1. The third-order valence-corrected chi connectivity index (χ3v) is 22.3. The fourth-order valence-electron chi connectivity index (χ4n) is 14.3. The van der Waals surface area contributed by atoms with Gasteiger partial charge in [-0.3, -0.25) is 81.5 Å². The Labute approximate surface area is 728 Å². The standard InChI is InChI=1S/C85H104FN17O24/c1-15-85(124)57-32-61-79-55(34-102(61)82(121)56(57)46-126-83(85)122)78-59(26-25-54-47(2)58(86)33-60(90-79)77(54)78)91-84(123)127-45-50-18-22-52(23-19-50)89-81(120)49(4)88-80(119)48(3)87-63(104)27-21-51-20-24-53(103-65(106)28-29-66(103)107)31-62(51)125-30-16-17-64(105)92(5)35-67(108)93(6)36-68(109)94(7)37-69(110)95(8)38-70(111)96(9)39-71(112)97(10)40-72(113)98(11)41-73(114)99(12)42-74(115)100(13)43-75(116)101(14)44-76(117)118/h18-20,22-24,28-29,31-33,48-49,59,124H,15-17,21,25-27,30,34-46H2,1-14H3,(H,87,104)(H,88,119)(H,89,120)(H,91,123)(H,117,118)/t48-,49-,59-,85-/m0/s1. The molecule has 680 valence electrons. The highest BCUT2D eigenvalue weighted by molar-refractivity contribution is 6.28. The summed E-state index contributed by atoms with van der Waals surface area (Å²) in [6.45, 7) is 0.440. The molecule has 0 saturated heterocycles. The minimum atomic E-state index is -2.07. The number of carboxylic acid groups (broad SMARTS) is 1. The molecule has 1 aliphatic carbocycles. The number of carbonyl (C=O) groups excluding carboxylic acids is 17. The van der Waals surface area contributed by atoms with Crippen molar-refractivity contribution < 1.29 is 115 Å². The van der Waals surface area contributed by atoms with Crippen LogP contribution in [0.3, 0.4) is 0 Å². The van der Waals surface area contributed by atoms with Crippen molar-refractivity contribution in [3.8, 4) is 17.1 Å². The second-order valence-electron chi connectivity index (χ2n) is 31.8. The van der Waals surface area contributed by atoms with E-state index >= 15 is 4.39 Å². The number of imide groups is 1. The van der Waals surface area contributed by atoms with E-state index in [9.17, 15) is 96.2 Å². The molecule has 5 heterocycles. The number of aromatic nitrogens is 2. The van der Waals surface area contributed by atoms with E-state index in [1.807, 2.05) is 0 Å². The number of pyridine rings is 2. The van der Waals surface area contributed by atoms with Crippen LogP contribution in [0.5, 0.6) is 5.75 Å². The molecule has 0 saturated carbocycles. The number of rotatable bonds is 38. The summed E-state index contributed by atoms with van der Waals surface area (Å²) in [6, 6.07) is 10.7. The molecule has 0 spiro atoms. The van der Waals surface area contributed by atoms with Gasteiger partial charge in [-0.2, -0.15) is 0 Å². The van der Waals surface area contributed by atoms with Crippen LogP contribution < -0.4 is 36.5 Å². The number of ether oxygens (including phenoxy) is 3. The van der Waals surface area contributed by atoms with Gasteiger partial charge in [-0.15, -0.1) is 0 Å². The molecule has 0 bridgehead atoms. The number of aliphatic carboxylic acids is 1. The van der Waals surface area contributed by atoms with Gasteiger partial charge in [0.05, 0.1) is 106 Å². The fraction of sp³-hybridized carbons (Fsp3) is 0.459. The zero-order chi connectivity index (χ0) is 93.7. The molecule has 41 nitrogen and oxygen atoms in total. The fourth-order valence-corrected chi connectivity index (χ4v) is 14.3. The Morgan fingerprint density at radius 3 is 1.57 bits per heavy atom. The number of fused-ring (bicyclic) bond motifs is 5. The number of aryl methyl sites for hydroxylation is 2. The van der Waals surface area contributed by atoms with Crippen LogP contribution in [0, 0.1) is 12.7 Å². The second-order valence-corrected chi connectivity index (χ2v) is 31.8. The minimum absolute atomic E-state index is 0.0142. The maximum atomic E-state index is 15.5. The number of aliphatic hydroxyl groups is 1. The largest absolute Gasteiger partial charge is 0.493 e. The van der Waals surface area contributed by atoms with Gasteiger partial charge in [0.2, 0.25) is 76.8 Å². The average Bonchev–Trinajstić information content (AvgIpc) is 1.60. The molecule has 5 aromatic rings. The predicted molar refractivity (Wildman–Crippen MR) is 449 cm³/mol.